The van der Waals surface area contributed by atoms with E-state index >= 15 is 0 Å². The Morgan fingerprint density at radius 1 is 1.29 bits per heavy atom. The number of anilines is 1. The summed E-state index contributed by atoms with van der Waals surface area (Å²) in [5.41, 5.74) is 4.34. The van der Waals surface area contributed by atoms with Gasteiger partial charge < -0.3 is 15.2 Å². The van der Waals surface area contributed by atoms with Gasteiger partial charge in [0.15, 0.2) is 11.2 Å². The lowest BCUT2D eigenvalue weighted by Gasteiger charge is -2.31. The SMILES string of the molecule is C/C(=C/Cn1c(N2CCCC(N)C2)nc2c1c(=O)n(C)c(=O)n2C)C(F)(F)F. The van der Waals surface area contributed by atoms with Gasteiger partial charge >= 0.3 is 11.9 Å². The van der Waals surface area contributed by atoms with Gasteiger partial charge in [0.1, 0.15) is 0 Å². The Hall–Kier alpha value is -2.56. The van der Waals surface area contributed by atoms with Gasteiger partial charge in [0.2, 0.25) is 5.95 Å². The van der Waals surface area contributed by atoms with Crippen LogP contribution in [0, 0.1) is 0 Å². The highest BCUT2D eigenvalue weighted by molar-refractivity contribution is 5.74. The second-order valence-electron chi connectivity index (χ2n) is 7.13. The molecule has 11 heteroatoms. The van der Waals surface area contributed by atoms with Gasteiger partial charge in [-0.05, 0) is 19.8 Å². The quantitative estimate of drug-likeness (QED) is 0.772. The van der Waals surface area contributed by atoms with Gasteiger partial charge in [0.25, 0.3) is 5.56 Å². The van der Waals surface area contributed by atoms with Crippen molar-refractivity contribution in [2.75, 3.05) is 18.0 Å². The van der Waals surface area contributed by atoms with Crippen LogP contribution < -0.4 is 21.9 Å². The van der Waals surface area contributed by atoms with E-state index in [-0.39, 0.29) is 23.8 Å². The van der Waals surface area contributed by atoms with Crippen LogP contribution in [0.4, 0.5) is 19.1 Å². The summed E-state index contributed by atoms with van der Waals surface area (Å²) >= 11 is 0. The van der Waals surface area contributed by atoms with Crippen LogP contribution in [0.3, 0.4) is 0 Å². The third kappa shape index (κ3) is 3.46. The van der Waals surface area contributed by atoms with E-state index in [1.165, 1.54) is 23.2 Å². The summed E-state index contributed by atoms with van der Waals surface area (Å²) in [4.78, 5) is 31.3. The summed E-state index contributed by atoms with van der Waals surface area (Å²) in [6.45, 7) is 1.87. The van der Waals surface area contributed by atoms with Crippen LogP contribution in [0.2, 0.25) is 0 Å². The second-order valence-corrected chi connectivity index (χ2v) is 7.13. The standard InChI is InChI=1S/C17H23F3N6O2/c1-10(17(18,19)20)6-8-26-12-13(23(2)16(28)24(3)14(12)27)22-15(26)25-7-4-5-11(21)9-25/h6,11H,4-5,7-9,21H2,1-3H3/b10-6-. The van der Waals surface area contributed by atoms with Crippen LogP contribution in [-0.4, -0.2) is 44.0 Å². The van der Waals surface area contributed by atoms with Crippen molar-refractivity contribution in [3.8, 4) is 0 Å². The van der Waals surface area contributed by atoms with E-state index in [1.54, 1.807) is 0 Å². The molecule has 0 amide bonds. The third-order valence-corrected chi connectivity index (χ3v) is 5.10. The summed E-state index contributed by atoms with van der Waals surface area (Å²) in [7, 11) is 2.80. The second kappa shape index (κ2) is 7.12. The number of halogens is 3. The molecule has 154 valence electrons. The number of rotatable bonds is 3. The molecule has 0 saturated carbocycles. The van der Waals surface area contributed by atoms with Crippen molar-refractivity contribution in [3.05, 3.63) is 32.5 Å². The Kier molecular flexibility index (Phi) is 5.13. The van der Waals surface area contributed by atoms with Crippen molar-refractivity contribution in [3.63, 3.8) is 0 Å². The van der Waals surface area contributed by atoms with E-state index in [9.17, 15) is 22.8 Å². The van der Waals surface area contributed by atoms with Crippen molar-refractivity contribution in [1.29, 1.82) is 0 Å². The van der Waals surface area contributed by atoms with E-state index in [4.69, 9.17) is 5.73 Å². The maximum absolute atomic E-state index is 12.9. The Bertz CT molecular complexity index is 1050. The summed E-state index contributed by atoms with van der Waals surface area (Å²) in [5.74, 6) is 0.342. The first-order chi connectivity index (χ1) is 13.0. The Balaban J connectivity index is 2.24. The molecule has 2 aromatic heterocycles. The van der Waals surface area contributed by atoms with E-state index in [0.717, 1.165) is 30.4 Å². The number of alkyl halides is 3. The first kappa shape index (κ1) is 20.2. The molecule has 1 unspecified atom stereocenters. The van der Waals surface area contributed by atoms with E-state index in [1.807, 2.05) is 4.90 Å². The zero-order valence-corrected chi connectivity index (χ0v) is 16.0. The van der Waals surface area contributed by atoms with Crippen molar-refractivity contribution in [2.45, 2.75) is 38.5 Å². The molecule has 3 rings (SSSR count). The van der Waals surface area contributed by atoms with Crippen LogP contribution in [-0.2, 0) is 20.6 Å². The lowest BCUT2D eigenvalue weighted by atomic mass is 10.1. The average Bonchev–Trinajstić information content (AvgIpc) is 3.01. The van der Waals surface area contributed by atoms with Crippen LogP contribution in [0.5, 0.6) is 0 Å². The maximum Gasteiger partial charge on any atom is 0.412 e. The molecule has 0 aliphatic carbocycles. The normalized spacial score (nSPS) is 18.9. The lowest BCUT2D eigenvalue weighted by molar-refractivity contribution is -0.0916. The third-order valence-electron chi connectivity index (χ3n) is 5.10. The average molecular weight is 400 g/mol. The number of nitrogens with two attached hydrogens (primary N) is 1. The van der Waals surface area contributed by atoms with Gasteiger partial charge in [-0.15, -0.1) is 0 Å². The highest BCUT2D eigenvalue weighted by Crippen LogP contribution is 2.27. The zero-order valence-electron chi connectivity index (χ0n) is 16.0. The Labute approximate surface area is 158 Å². The van der Waals surface area contributed by atoms with E-state index < -0.39 is 23.0 Å². The number of imidazole rings is 1. The molecular formula is C17H23F3N6O2. The number of allylic oxidation sites excluding steroid dienone is 2. The van der Waals surface area contributed by atoms with Gasteiger partial charge in [-0.25, -0.2) is 4.79 Å². The molecule has 3 heterocycles. The topological polar surface area (TPSA) is 91.1 Å². The van der Waals surface area contributed by atoms with Crippen molar-refractivity contribution >= 4 is 17.1 Å². The van der Waals surface area contributed by atoms with E-state index in [2.05, 4.69) is 4.98 Å². The molecular weight excluding hydrogens is 377 g/mol. The van der Waals surface area contributed by atoms with Crippen LogP contribution in [0.1, 0.15) is 19.8 Å². The highest BCUT2D eigenvalue weighted by atomic mass is 19.4. The van der Waals surface area contributed by atoms with Crippen LogP contribution in [0.15, 0.2) is 21.2 Å². The number of nitrogens with zero attached hydrogens (tertiary/aromatic N) is 5. The van der Waals surface area contributed by atoms with Crippen molar-refractivity contribution in [2.24, 2.45) is 19.8 Å². The minimum atomic E-state index is -4.46. The van der Waals surface area contributed by atoms with Gasteiger partial charge in [-0.1, -0.05) is 6.08 Å². The van der Waals surface area contributed by atoms with Gasteiger partial charge in [-0.3, -0.25) is 13.9 Å². The lowest BCUT2D eigenvalue weighted by Crippen LogP contribution is -2.44. The Morgan fingerprint density at radius 2 is 1.96 bits per heavy atom. The van der Waals surface area contributed by atoms with Crippen LogP contribution >= 0.6 is 0 Å². The fourth-order valence-corrected chi connectivity index (χ4v) is 3.38. The largest absolute Gasteiger partial charge is 0.412 e. The predicted molar refractivity (Wildman–Crippen MR) is 99.4 cm³/mol. The molecule has 28 heavy (non-hydrogen) atoms. The summed E-state index contributed by atoms with van der Waals surface area (Å²) in [6.07, 6.45) is -1.80. The molecule has 1 aliphatic rings. The fraction of sp³-hybridized carbons (Fsp3) is 0.588. The van der Waals surface area contributed by atoms with Crippen LogP contribution in [0.25, 0.3) is 11.2 Å². The molecule has 1 fully saturated rings. The number of piperidine rings is 1. The molecule has 1 saturated heterocycles. The molecule has 8 nitrogen and oxygen atoms in total. The molecule has 0 bridgehead atoms. The Morgan fingerprint density at radius 3 is 2.57 bits per heavy atom. The molecule has 0 radical (unpaired) electrons. The van der Waals surface area contributed by atoms with Crippen molar-refractivity contribution in [1.82, 2.24) is 18.7 Å². The predicted octanol–water partition coefficient (Wildman–Crippen LogP) is 0.870. The number of fused-ring (bicyclic) bond motifs is 1. The first-order valence-corrected chi connectivity index (χ1v) is 8.93. The maximum atomic E-state index is 12.9. The minimum Gasteiger partial charge on any atom is -0.341 e. The number of hydrogen-bond acceptors (Lipinski definition) is 5. The van der Waals surface area contributed by atoms with E-state index in [0.29, 0.717) is 19.0 Å². The molecule has 2 N–H and O–H groups in total. The summed E-state index contributed by atoms with van der Waals surface area (Å²) < 4.78 is 42.4. The molecule has 2 aromatic rings. The molecule has 0 aromatic carbocycles. The molecule has 0 spiro atoms. The summed E-state index contributed by atoms with van der Waals surface area (Å²) in [5, 5.41) is 0. The fourth-order valence-electron chi connectivity index (χ4n) is 3.38. The summed E-state index contributed by atoms with van der Waals surface area (Å²) in [6, 6.07) is -0.0962. The van der Waals surface area contributed by atoms with Crippen molar-refractivity contribution < 1.29 is 13.2 Å². The molecule has 1 atom stereocenters. The first-order valence-electron chi connectivity index (χ1n) is 8.93. The van der Waals surface area contributed by atoms with Gasteiger partial charge in [0.05, 0.1) is 0 Å². The zero-order chi connectivity index (χ0) is 20.8. The van der Waals surface area contributed by atoms with Gasteiger partial charge in [-0.2, -0.15) is 18.2 Å². The number of aromatic nitrogens is 4. The number of aryl methyl sites for hydroxylation is 1. The highest BCUT2D eigenvalue weighted by Gasteiger charge is 2.30. The number of hydrogen-bond donors (Lipinski definition) is 1. The van der Waals surface area contributed by atoms with Gasteiger partial charge in [0, 0.05) is 45.3 Å². The minimum absolute atomic E-state index is 0.0879. The molecule has 1 aliphatic heterocycles. The monoisotopic (exact) mass is 400 g/mol. The smallest absolute Gasteiger partial charge is 0.341 e.